The molecular formula is C20H16O12Si. The van der Waals surface area contributed by atoms with Crippen molar-refractivity contribution in [3.63, 3.8) is 0 Å². The number of hydrogen-bond acceptors (Lipinski definition) is 8. The predicted octanol–water partition coefficient (Wildman–Crippen LogP) is 2.20. The molecular weight excluding hydrogens is 460 g/mol. The standard InChI is InChI=1S/C20H16O12Si/c1-33(2,31-19(29)9-3-5-11(15(21)22)13(7-9)17(25)26)32-20(30)10-4-6-12(16(23)24)14(8-10)18(27)28/h3-8H,1-2H3,(H,21,22)(H,23,24)(H,25,26)(H,27,28). The van der Waals surface area contributed by atoms with Crippen LogP contribution in [-0.2, 0) is 8.85 Å². The van der Waals surface area contributed by atoms with E-state index in [9.17, 15) is 28.8 Å². The van der Waals surface area contributed by atoms with E-state index in [1.54, 1.807) is 0 Å². The average molecular weight is 476 g/mol. The third-order valence-corrected chi connectivity index (χ3v) is 5.46. The summed E-state index contributed by atoms with van der Waals surface area (Å²) in [6.07, 6.45) is 0. The van der Waals surface area contributed by atoms with Crippen molar-refractivity contribution >= 4 is 44.4 Å². The fourth-order valence-corrected chi connectivity index (χ4v) is 3.82. The number of carbonyl (C=O) groups excluding carboxylic acids is 2. The monoisotopic (exact) mass is 476 g/mol. The van der Waals surface area contributed by atoms with Gasteiger partial charge in [0.2, 0.25) is 0 Å². The SMILES string of the molecule is C[Si](C)(OC(=O)c1ccc(C(=O)O)c(C(=O)O)c1)OC(=O)c1ccc(C(=O)O)c(C(=O)O)c1. The van der Waals surface area contributed by atoms with Crippen LogP contribution in [0.3, 0.4) is 0 Å². The van der Waals surface area contributed by atoms with Gasteiger partial charge in [0.15, 0.2) is 0 Å². The van der Waals surface area contributed by atoms with E-state index in [1.165, 1.54) is 13.1 Å². The Labute approximate surface area is 185 Å². The van der Waals surface area contributed by atoms with Crippen LogP contribution >= 0.6 is 0 Å². The van der Waals surface area contributed by atoms with Crippen molar-refractivity contribution in [1.29, 1.82) is 0 Å². The molecule has 0 aliphatic heterocycles. The van der Waals surface area contributed by atoms with Crippen molar-refractivity contribution in [3.8, 4) is 0 Å². The fourth-order valence-electron chi connectivity index (χ4n) is 2.65. The van der Waals surface area contributed by atoms with E-state index in [0.717, 1.165) is 36.4 Å². The molecule has 2 aromatic rings. The number of carboxylic acid groups (broad SMARTS) is 4. The summed E-state index contributed by atoms with van der Waals surface area (Å²) in [6.45, 7) is 2.60. The van der Waals surface area contributed by atoms with Crippen molar-refractivity contribution < 1.29 is 58.0 Å². The molecule has 0 amide bonds. The number of carboxylic acids is 4. The Hall–Kier alpha value is -4.52. The van der Waals surface area contributed by atoms with E-state index < -0.39 is 66.6 Å². The van der Waals surface area contributed by atoms with Gasteiger partial charge in [-0.05, 0) is 36.4 Å². The molecule has 0 saturated heterocycles. The summed E-state index contributed by atoms with van der Waals surface area (Å²) in [4.78, 5) is 69.7. The molecule has 0 aromatic heterocycles. The molecule has 0 bridgehead atoms. The van der Waals surface area contributed by atoms with Gasteiger partial charge in [-0.25, -0.2) is 28.8 Å². The molecule has 0 radical (unpaired) electrons. The summed E-state index contributed by atoms with van der Waals surface area (Å²) in [5.74, 6) is -8.33. The first-order chi connectivity index (χ1) is 15.2. The molecule has 0 aliphatic rings. The number of aromatic carboxylic acids is 4. The normalized spacial score (nSPS) is 10.7. The summed E-state index contributed by atoms with van der Waals surface area (Å²) in [7, 11) is -3.58. The second kappa shape index (κ2) is 9.31. The van der Waals surface area contributed by atoms with Gasteiger partial charge in [-0.2, -0.15) is 0 Å². The lowest BCUT2D eigenvalue weighted by atomic mass is 10.0. The van der Waals surface area contributed by atoms with Crippen LogP contribution in [0.15, 0.2) is 36.4 Å². The molecule has 4 N–H and O–H groups in total. The molecule has 13 heteroatoms. The van der Waals surface area contributed by atoms with Gasteiger partial charge in [0.1, 0.15) is 0 Å². The summed E-state index contributed by atoms with van der Waals surface area (Å²) in [5.41, 5.74) is -2.97. The van der Waals surface area contributed by atoms with Gasteiger partial charge in [0.05, 0.1) is 33.4 Å². The van der Waals surface area contributed by atoms with Crippen molar-refractivity contribution in [1.82, 2.24) is 0 Å². The highest BCUT2D eigenvalue weighted by molar-refractivity contribution is 6.68. The highest BCUT2D eigenvalue weighted by atomic mass is 28.4. The van der Waals surface area contributed by atoms with Crippen LogP contribution in [0.2, 0.25) is 13.1 Å². The van der Waals surface area contributed by atoms with E-state index in [0.29, 0.717) is 0 Å². The maximum atomic E-state index is 12.4. The number of carbonyl (C=O) groups is 6. The average Bonchev–Trinajstić information content (AvgIpc) is 2.71. The van der Waals surface area contributed by atoms with Gasteiger partial charge in [0, 0.05) is 13.1 Å². The van der Waals surface area contributed by atoms with Crippen molar-refractivity contribution in [2.24, 2.45) is 0 Å². The molecule has 33 heavy (non-hydrogen) atoms. The quantitative estimate of drug-likeness (QED) is 0.405. The molecule has 2 aromatic carbocycles. The predicted molar refractivity (Wildman–Crippen MR) is 109 cm³/mol. The van der Waals surface area contributed by atoms with Crippen LogP contribution in [0.1, 0.15) is 62.1 Å². The van der Waals surface area contributed by atoms with Gasteiger partial charge in [0.25, 0.3) is 0 Å². The highest BCUT2D eigenvalue weighted by Crippen LogP contribution is 2.19. The topological polar surface area (TPSA) is 202 Å². The van der Waals surface area contributed by atoms with Crippen molar-refractivity contribution in [2.75, 3.05) is 0 Å². The van der Waals surface area contributed by atoms with Gasteiger partial charge >= 0.3 is 44.4 Å². The van der Waals surface area contributed by atoms with E-state index in [4.69, 9.17) is 29.3 Å². The maximum absolute atomic E-state index is 12.4. The molecule has 0 heterocycles. The van der Waals surface area contributed by atoms with Crippen LogP contribution in [0.5, 0.6) is 0 Å². The minimum atomic E-state index is -3.58. The van der Waals surface area contributed by atoms with Crippen LogP contribution < -0.4 is 0 Å². The molecule has 172 valence electrons. The Kier molecular flexibility index (Phi) is 6.98. The fraction of sp³-hybridized carbons (Fsp3) is 0.100. The van der Waals surface area contributed by atoms with E-state index >= 15 is 0 Å². The summed E-state index contributed by atoms with van der Waals surface area (Å²) >= 11 is 0. The molecule has 0 atom stereocenters. The van der Waals surface area contributed by atoms with Crippen LogP contribution in [0, 0.1) is 0 Å². The maximum Gasteiger partial charge on any atom is 0.458 e. The summed E-state index contributed by atoms with van der Waals surface area (Å²) < 4.78 is 10.4. The smallest absolute Gasteiger partial charge is 0.458 e. The Bertz CT molecular complexity index is 1110. The van der Waals surface area contributed by atoms with Gasteiger partial charge in [-0.1, -0.05) is 0 Å². The van der Waals surface area contributed by atoms with Crippen LogP contribution in [0.4, 0.5) is 0 Å². The Morgan fingerprint density at radius 2 is 0.879 bits per heavy atom. The Morgan fingerprint density at radius 1 is 0.576 bits per heavy atom. The summed E-state index contributed by atoms with van der Waals surface area (Å²) in [5, 5.41) is 36.4. The summed E-state index contributed by atoms with van der Waals surface area (Å²) in [6, 6.07) is 5.53. The zero-order valence-electron chi connectivity index (χ0n) is 17.0. The number of hydrogen-bond donors (Lipinski definition) is 4. The lowest BCUT2D eigenvalue weighted by Gasteiger charge is -2.22. The first-order valence-corrected chi connectivity index (χ1v) is 11.7. The molecule has 0 unspecified atom stereocenters. The van der Waals surface area contributed by atoms with Crippen molar-refractivity contribution in [2.45, 2.75) is 13.1 Å². The Balaban J connectivity index is 2.24. The van der Waals surface area contributed by atoms with Crippen LogP contribution in [-0.4, -0.2) is 64.8 Å². The molecule has 12 nitrogen and oxygen atoms in total. The Morgan fingerprint density at radius 3 is 1.15 bits per heavy atom. The zero-order chi connectivity index (χ0) is 25.1. The molecule has 2 rings (SSSR count). The largest absolute Gasteiger partial charge is 0.481 e. The first kappa shape index (κ1) is 24.7. The van der Waals surface area contributed by atoms with E-state index in [2.05, 4.69) is 0 Å². The second-order valence-corrected chi connectivity index (χ2v) is 10.1. The molecule has 0 spiro atoms. The second-order valence-electron chi connectivity index (χ2n) is 6.92. The minimum Gasteiger partial charge on any atom is -0.481 e. The van der Waals surface area contributed by atoms with E-state index in [1.807, 2.05) is 0 Å². The van der Waals surface area contributed by atoms with Crippen molar-refractivity contribution in [3.05, 3.63) is 69.8 Å². The third kappa shape index (κ3) is 5.79. The molecule has 0 aliphatic carbocycles. The highest BCUT2D eigenvalue weighted by Gasteiger charge is 2.35. The molecule has 0 fully saturated rings. The minimum absolute atomic E-state index is 0.298. The zero-order valence-corrected chi connectivity index (χ0v) is 18.0. The number of rotatable bonds is 8. The molecule has 0 saturated carbocycles. The third-order valence-electron chi connectivity index (χ3n) is 4.11. The van der Waals surface area contributed by atoms with Gasteiger partial charge in [-0.3, -0.25) is 0 Å². The van der Waals surface area contributed by atoms with Gasteiger partial charge < -0.3 is 29.3 Å². The number of benzene rings is 2. The van der Waals surface area contributed by atoms with Gasteiger partial charge in [-0.15, -0.1) is 0 Å². The van der Waals surface area contributed by atoms with E-state index in [-0.39, 0.29) is 11.1 Å². The van der Waals surface area contributed by atoms with Crippen LogP contribution in [0.25, 0.3) is 0 Å². The lowest BCUT2D eigenvalue weighted by Crippen LogP contribution is -2.39. The first-order valence-electron chi connectivity index (χ1n) is 8.91. The lowest BCUT2D eigenvalue weighted by molar-refractivity contribution is 0.0572.